The molecule has 0 aliphatic carbocycles. The van der Waals surface area contributed by atoms with Gasteiger partial charge in [-0.15, -0.1) is 10.2 Å². The third-order valence-electron chi connectivity index (χ3n) is 5.98. The van der Waals surface area contributed by atoms with E-state index in [0.717, 1.165) is 11.3 Å². The minimum atomic E-state index is -1.06. The Labute approximate surface area is 240 Å². The Bertz CT molecular complexity index is 1610. The van der Waals surface area contributed by atoms with Gasteiger partial charge in [0, 0.05) is 11.3 Å². The van der Waals surface area contributed by atoms with Crippen LogP contribution in [-0.4, -0.2) is 34.1 Å². The molecule has 0 radical (unpaired) electrons. The SMILES string of the molecule is COc1ccc(/C(O)=C2/C(=O)C(=O)N(c3nnc(SCc4ccccc4F)s3)C2c2ccc(Cl)c(Cl)c2)cc1. The highest BCUT2D eigenvalue weighted by atomic mass is 35.5. The molecule has 1 unspecified atom stereocenters. The van der Waals surface area contributed by atoms with Crippen molar-refractivity contribution in [3.05, 3.63) is 105 Å². The molecule has 1 fully saturated rings. The molecule has 1 aliphatic rings. The zero-order valence-corrected chi connectivity index (χ0v) is 23.2. The molecule has 1 aliphatic heterocycles. The number of ketones is 1. The van der Waals surface area contributed by atoms with E-state index in [9.17, 15) is 19.1 Å². The molecule has 1 atom stereocenters. The lowest BCUT2D eigenvalue weighted by Gasteiger charge is -2.23. The van der Waals surface area contributed by atoms with Crippen LogP contribution in [-0.2, 0) is 15.3 Å². The number of carbonyl (C=O) groups excluding carboxylic acids is 2. The van der Waals surface area contributed by atoms with Crippen molar-refractivity contribution in [3.8, 4) is 5.75 Å². The number of hydrogen-bond acceptors (Lipinski definition) is 8. The molecule has 1 saturated heterocycles. The van der Waals surface area contributed by atoms with E-state index in [1.807, 2.05) is 0 Å². The molecule has 5 rings (SSSR count). The van der Waals surface area contributed by atoms with Gasteiger partial charge in [-0.25, -0.2) is 4.39 Å². The van der Waals surface area contributed by atoms with Crippen LogP contribution >= 0.6 is 46.3 Å². The number of aliphatic hydroxyl groups excluding tert-OH is 1. The normalized spacial score (nSPS) is 16.6. The van der Waals surface area contributed by atoms with Crippen LogP contribution in [0.25, 0.3) is 5.76 Å². The van der Waals surface area contributed by atoms with E-state index in [1.165, 1.54) is 35.9 Å². The highest BCUT2D eigenvalue weighted by Gasteiger charge is 2.48. The van der Waals surface area contributed by atoms with E-state index in [2.05, 4.69) is 10.2 Å². The second-order valence-corrected chi connectivity index (χ2v) is 11.3. The summed E-state index contributed by atoms with van der Waals surface area (Å²) in [6.45, 7) is 0. The highest BCUT2D eigenvalue weighted by molar-refractivity contribution is 8.00. The molecule has 0 bridgehead atoms. The van der Waals surface area contributed by atoms with Crippen LogP contribution in [0.5, 0.6) is 5.75 Å². The average Bonchev–Trinajstić information content (AvgIpc) is 3.51. The number of methoxy groups -OCH3 is 1. The zero-order valence-electron chi connectivity index (χ0n) is 20.1. The van der Waals surface area contributed by atoms with Gasteiger partial charge in [0.25, 0.3) is 5.78 Å². The quantitative estimate of drug-likeness (QED) is 0.0808. The first-order valence-electron chi connectivity index (χ1n) is 11.4. The minimum absolute atomic E-state index is 0.137. The topological polar surface area (TPSA) is 92.6 Å². The Kier molecular flexibility index (Phi) is 7.90. The fourth-order valence-electron chi connectivity index (χ4n) is 4.05. The molecular weight excluding hydrogens is 584 g/mol. The first-order valence-corrected chi connectivity index (χ1v) is 13.9. The number of carbonyl (C=O) groups is 2. The lowest BCUT2D eigenvalue weighted by molar-refractivity contribution is -0.132. The van der Waals surface area contributed by atoms with Crippen LogP contribution in [0.1, 0.15) is 22.7 Å². The Morgan fingerprint density at radius 1 is 1.08 bits per heavy atom. The standard InChI is InChI=1S/C27H18Cl2FN3O4S2/c1-37-17-9-6-14(7-10-17)23(34)21-22(15-8-11-18(28)19(29)12-15)33(25(36)24(21)35)26-31-32-27(39-26)38-13-16-4-2-3-5-20(16)30/h2-12,22,34H,13H2,1H3/b23-21-. The van der Waals surface area contributed by atoms with Crippen LogP contribution in [0, 0.1) is 5.82 Å². The summed E-state index contributed by atoms with van der Waals surface area (Å²) in [5.41, 5.74) is 1.11. The fourth-order valence-corrected chi connectivity index (χ4v) is 6.21. The number of thioether (sulfide) groups is 1. The van der Waals surface area contributed by atoms with Crippen molar-refractivity contribution in [1.82, 2.24) is 10.2 Å². The van der Waals surface area contributed by atoms with Gasteiger partial charge in [-0.1, -0.05) is 70.6 Å². The third kappa shape index (κ3) is 5.38. The third-order valence-corrected chi connectivity index (χ3v) is 8.82. The van der Waals surface area contributed by atoms with E-state index < -0.39 is 17.7 Å². The van der Waals surface area contributed by atoms with Crippen molar-refractivity contribution in [1.29, 1.82) is 0 Å². The summed E-state index contributed by atoms with van der Waals surface area (Å²) in [6.07, 6.45) is 0. The smallest absolute Gasteiger partial charge is 0.301 e. The second-order valence-electron chi connectivity index (χ2n) is 8.30. The molecule has 12 heteroatoms. The number of rotatable bonds is 7. The van der Waals surface area contributed by atoms with Crippen molar-refractivity contribution < 1.29 is 23.8 Å². The monoisotopic (exact) mass is 601 g/mol. The average molecular weight is 602 g/mol. The molecular formula is C27H18Cl2FN3O4S2. The highest BCUT2D eigenvalue weighted by Crippen LogP contribution is 2.45. The largest absolute Gasteiger partial charge is 0.507 e. The summed E-state index contributed by atoms with van der Waals surface area (Å²) in [4.78, 5) is 27.9. The first kappa shape index (κ1) is 27.1. The summed E-state index contributed by atoms with van der Waals surface area (Å²) in [5, 5.41) is 20.2. The molecule has 2 heterocycles. The van der Waals surface area contributed by atoms with Crippen molar-refractivity contribution in [2.45, 2.75) is 16.1 Å². The van der Waals surface area contributed by atoms with E-state index in [-0.39, 0.29) is 32.3 Å². The number of halogens is 3. The van der Waals surface area contributed by atoms with Gasteiger partial charge in [0.2, 0.25) is 5.13 Å². The van der Waals surface area contributed by atoms with Crippen LogP contribution in [0.4, 0.5) is 9.52 Å². The number of benzene rings is 3. The maximum Gasteiger partial charge on any atom is 0.301 e. The Morgan fingerprint density at radius 3 is 2.51 bits per heavy atom. The lowest BCUT2D eigenvalue weighted by Crippen LogP contribution is -2.29. The van der Waals surface area contributed by atoms with Gasteiger partial charge in [-0.3, -0.25) is 14.5 Å². The second kappa shape index (κ2) is 11.4. The van der Waals surface area contributed by atoms with Crippen molar-refractivity contribution in [2.24, 2.45) is 0 Å². The molecule has 7 nitrogen and oxygen atoms in total. The maximum absolute atomic E-state index is 14.0. The number of nitrogens with zero attached hydrogens (tertiary/aromatic N) is 3. The van der Waals surface area contributed by atoms with Crippen LogP contribution in [0.2, 0.25) is 10.0 Å². The first-order chi connectivity index (χ1) is 18.8. The van der Waals surface area contributed by atoms with Gasteiger partial charge in [0.1, 0.15) is 17.3 Å². The molecule has 1 N–H and O–H groups in total. The maximum atomic E-state index is 14.0. The molecule has 3 aromatic carbocycles. The van der Waals surface area contributed by atoms with E-state index >= 15 is 0 Å². The van der Waals surface area contributed by atoms with Crippen molar-refractivity contribution in [2.75, 3.05) is 12.0 Å². The van der Waals surface area contributed by atoms with Gasteiger partial charge in [0.15, 0.2) is 4.34 Å². The van der Waals surface area contributed by atoms with Gasteiger partial charge in [0.05, 0.1) is 28.8 Å². The van der Waals surface area contributed by atoms with Gasteiger partial charge >= 0.3 is 5.91 Å². The predicted molar refractivity (Wildman–Crippen MR) is 150 cm³/mol. The van der Waals surface area contributed by atoms with Gasteiger partial charge in [-0.2, -0.15) is 0 Å². The number of aromatic nitrogens is 2. The van der Waals surface area contributed by atoms with E-state index in [1.54, 1.807) is 54.6 Å². The molecule has 198 valence electrons. The van der Waals surface area contributed by atoms with Gasteiger partial charge in [-0.05, 0) is 53.6 Å². The Balaban J connectivity index is 1.56. The number of hydrogen-bond donors (Lipinski definition) is 1. The summed E-state index contributed by atoms with van der Waals surface area (Å²) in [6, 6.07) is 16.5. The van der Waals surface area contributed by atoms with Crippen LogP contribution in [0.3, 0.4) is 0 Å². The number of Topliss-reactive ketones (excluding diaryl/α,β-unsaturated/α-hetero) is 1. The van der Waals surface area contributed by atoms with E-state index in [4.69, 9.17) is 27.9 Å². The molecule has 1 aromatic heterocycles. The number of ether oxygens (including phenoxy) is 1. The van der Waals surface area contributed by atoms with E-state index in [0.29, 0.717) is 32.5 Å². The molecule has 0 saturated carbocycles. The van der Waals surface area contributed by atoms with Gasteiger partial charge < -0.3 is 9.84 Å². The Morgan fingerprint density at radius 2 is 1.82 bits per heavy atom. The van der Waals surface area contributed by atoms with Crippen LogP contribution < -0.4 is 9.64 Å². The minimum Gasteiger partial charge on any atom is -0.507 e. The number of amides is 1. The van der Waals surface area contributed by atoms with Crippen LogP contribution in [0.15, 0.2) is 76.6 Å². The number of aliphatic hydroxyl groups is 1. The molecule has 4 aromatic rings. The summed E-state index contributed by atoms with van der Waals surface area (Å²) < 4.78 is 19.7. The van der Waals surface area contributed by atoms with Crippen molar-refractivity contribution in [3.63, 3.8) is 0 Å². The Hall–Kier alpha value is -3.44. The zero-order chi connectivity index (χ0) is 27.7. The summed E-state index contributed by atoms with van der Waals surface area (Å²) in [7, 11) is 1.51. The molecule has 1 amide bonds. The fraction of sp³-hybridized carbons (Fsp3) is 0.111. The molecule has 39 heavy (non-hydrogen) atoms. The lowest BCUT2D eigenvalue weighted by atomic mass is 9.95. The number of anilines is 1. The molecule has 0 spiro atoms. The summed E-state index contributed by atoms with van der Waals surface area (Å²) >= 11 is 14.7. The summed E-state index contributed by atoms with van der Waals surface area (Å²) in [5.74, 6) is -1.62. The van der Waals surface area contributed by atoms with Crippen molar-refractivity contribution >= 4 is 68.9 Å². The predicted octanol–water partition coefficient (Wildman–Crippen LogP) is 6.91.